The van der Waals surface area contributed by atoms with Crippen LogP contribution in [0.15, 0.2) is 235 Å². The zero-order valence-electron chi connectivity index (χ0n) is 28.8. The third kappa shape index (κ3) is 6.79. The molecule has 5 heterocycles. The average Bonchev–Trinajstić information content (AvgIpc) is 3.98. The number of nitrogens with zero attached hydrogens (tertiary/aromatic N) is 4. The number of fused-ring (bicyclic) bond motifs is 4. The van der Waals surface area contributed by atoms with Gasteiger partial charge < -0.3 is 0 Å². The van der Waals surface area contributed by atoms with Crippen LogP contribution in [0.3, 0.4) is 0 Å². The predicted octanol–water partition coefficient (Wildman–Crippen LogP) is 10.0. The van der Waals surface area contributed by atoms with Crippen LogP contribution in [0.2, 0.25) is 0 Å². The van der Waals surface area contributed by atoms with Crippen molar-refractivity contribution < 1.29 is 0 Å². The summed E-state index contributed by atoms with van der Waals surface area (Å²) in [4.78, 5) is 21.0. The summed E-state index contributed by atoms with van der Waals surface area (Å²) in [6.07, 6.45) is 19.7. The third-order valence-electron chi connectivity index (χ3n) is 9.78. The Balaban J connectivity index is 1.32. The van der Waals surface area contributed by atoms with Crippen molar-refractivity contribution in [2.45, 2.75) is 25.7 Å². The molecule has 0 aliphatic carbocycles. The predicted molar refractivity (Wildman–Crippen MR) is 215 cm³/mol. The van der Waals surface area contributed by atoms with Crippen LogP contribution >= 0.6 is 0 Å². The molecule has 0 N–H and O–H groups in total. The van der Waals surface area contributed by atoms with E-state index in [1.807, 2.05) is 12.2 Å². The van der Waals surface area contributed by atoms with Crippen LogP contribution in [-0.2, 0) is 25.7 Å². The van der Waals surface area contributed by atoms with Crippen molar-refractivity contribution in [2.75, 3.05) is 0 Å². The second-order valence-corrected chi connectivity index (χ2v) is 13.5. The zero-order valence-corrected chi connectivity index (χ0v) is 28.8. The Morgan fingerprint density at radius 1 is 0.346 bits per heavy atom. The van der Waals surface area contributed by atoms with Gasteiger partial charge in [0.15, 0.2) is 0 Å². The van der Waals surface area contributed by atoms with Gasteiger partial charge in [0.1, 0.15) is 0 Å². The van der Waals surface area contributed by atoms with Crippen molar-refractivity contribution in [3.63, 3.8) is 0 Å². The highest BCUT2D eigenvalue weighted by Gasteiger charge is 2.30. The number of hydrogen-bond donors (Lipinski definition) is 0. The zero-order chi connectivity index (χ0) is 34.7. The van der Waals surface area contributed by atoms with E-state index in [0.29, 0.717) is 6.42 Å². The first kappa shape index (κ1) is 31.5. The van der Waals surface area contributed by atoms with E-state index >= 15 is 0 Å². The molecular weight excluding hydrogens is 633 g/mol. The summed E-state index contributed by atoms with van der Waals surface area (Å²) < 4.78 is 0. The van der Waals surface area contributed by atoms with E-state index in [0.717, 1.165) is 70.5 Å². The highest BCUT2D eigenvalue weighted by molar-refractivity contribution is 6.20. The molecule has 4 aromatic rings. The van der Waals surface area contributed by atoms with Crippen LogP contribution in [-0.4, -0.2) is 22.8 Å². The van der Waals surface area contributed by atoms with Gasteiger partial charge in [-0.2, -0.15) is 0 Å². The van der Waals surface area contributed by atoms with Gasteiger partial charge in [0.25, 0.3) is 0 Å². The normalized spacial score (nSPS) is 17.4. The Labute approximate surface area is 304 Å². The average molecular weight is 669 g/mol. The number of benzene rings is 4. The van der Waals surface area contributed by atoms with Gasteiger partial charge in [-0.3, -0.25) is 0 Å². The molecule has 8 bridgehead atoms. The van der Waals surface area contributed by atoms with Crippen LogP contribution in [0, 0.1) is 0 Å². The van der Waals surface area contributed by atoms with E-state index in [2.05, 4.69) is 158 Å². The molecule has 0 amide bonds. The molecule has 4 heteroatoms. The van der Waals surface area contributed by atoms with Gasteiger partial charge in [-0.25, -0.2) is 20.0 Å². The molecule has 0 spiro atoms. The second kappa shape index (κ2) is 14.0. The van der Waals surface area contributed by atoms with Crippen LogP contribution in [0.1, 0.15) is 22.3 Å². The summed E-state index contributed by atoms with van der Waals surface area (Å²) in [6.45, 7) is 0. The Kier molecular flexibility index (Phi) is 8.47. The van der Waals surface area contributed by atoms with E-state index in [9.17, 15) is 0 Å². The van der Waals surface area contributed by atoms with Crippen LogP contribution in [0.25, 0.3) is 0 Å². The lowest BCUT2D eigenvalue weighted by Crippen LogP contribution is -2.13. The monoisotopic (exact) mass is 668 g/mol. The van der Waals surface area contributed by atoms with Gasteiger partial charge in [0, 0.05) is 12.0 Å². The van der Waals surface area contributed by atoms with Gasteiger partial charge in [0.05, 0.1) is 45.6 Å². The SMILES string of the molecule is C1=CC2=NC1=CC1=NC(=C(Cc3ccccc3)C3=NC(=CC4=NC(=C2)C=C4)C=C3Cc2ccccc2)C(Cc2ccccc2)=C1Cc1ccccc1. The van der Waals surface area contributed by atoms with Crippen molar-refractivity contribution in [3.8, 4) is 0 Å². The lowest BCUT2D eigenvalue weighted by molar-refractivity contribution is 1.07. The summed E-state index contributed by atoms with van der Waals surface area (Å²) >= 11 is 0. The first-order valence-electron chi connectivity index (χ1n) is 17.9. The van der Waals surface area contributed by atoms with E-state index < -0.39 is 0 Å². The molecule has 0 saturated carbocycles. The molecule has 9 rings (SSSR count). The van der Waals surface area contributed by atoms with Crippen LogP contribution < -0.4 is 0 Å². The highest BCUT2D eigenvalue weighted by atomic mass is 14.9. The standard InChI is InChI=1S/C48H36N4/c1-5-13-33(14-6-1)25-37-29-42-31-40-22-21-38(49-40)30-39-23-24-41(50-39)32-46-43(26-34-15-7-2-8-16-34)44(27-35-17-9-3-10-18-35)48(52-46)45(47(37)51-42)28-36-19-11-4-12-20-36/h1-24,29-32H,25-28H2. The van der Waals surface area contributed by atoms with Crippen molar-refractivity contribution in [1.29, 1.82) is 0 Å². The Bertz CT molecular complexity index is 2440. The van der Waals surface area contributed by atoms with E-state index in [1.54, 1.807) is 0 Å². The maximum Gasteiger partial charge on any atom is 0.0733 e. The minimum atomic E-state index is 0.689. The smallest absolute Gasteiger partial charge is 0.0733 e. The number of aliphatic imine (C=N–C) groups is 4. The summed E-state index contributed by atoms with van der Waals surface area (Å²) in [7, 11) is 0. The number of rotatable bonds is 8. The Morgan fingerprint density at radius 3 is 1.37 bits per heavy atom. The highest BCUT2D eigenvalue weighted by Crippen LogP contribution is 2.38. The minimum Gasteiger partial charge on any atom is -0.249 e. The molecule has 0 radical (unpaired) electrons. The molecule has 248 valence electrons. The maximum absolute atomic E-state index is 5.63. The summed E-state index contributed by atoms with van der Waals surface area (Å²) in [6, 6.07) is 42.9. The first-order valence-corrected chi connectivity index (χ1v) is 17.9. The van der Waals surface area contributed by atoms with Gasteiger partial charge in [0.2, 0.25) is 0 Å². The molecular formula is C48H36N4. The van der Waals surface area contributed by atoms with E-state index in [-0.39, 0.29) is 0 Å². The van der Waals surface area contributed by atoms with Gasteiger partial charge in [-0.1, -0.05) is 121 Å². The second-order valence-electron chi connectivity index (χ2n) is 13.5. The van der Waals surface area contributed by atoms with Crippen molar-refractivity contribution in [1.82, 2.24) is 0 Å². The molecule has 0 atom stereocenters. The molecule has 5 aliphatic heterocycles. The third-order valence-corrected chi connectivity index (χ3v) is 9.78. The maximum atomic E-state index is 5.63. The van der Waals surface area contributed by atoms with Crippen LogP contribution in [0.4, 0.5) is 0 Å². The van der Waals surface area contributed by atoms with Gasteiger partial charge in [-0.05, 0) is 107 Å². The quantitative estimate of drug-likeness (QED) is 0.180. The Hall–Kier alpha value is -6.52. The van der Waals surface area contributed by atoms with E-state index in [1.165, 1.54) is 39.0 Å². The Morgan fingerprint density at radius 2 is 0.808 bits per heavy atom. The molecule has 0 saturated heterocycles. The molecule has 52 heavy (non-hydrogen) atoms. The molecule has 0 unspecified atom stereocenters. The first-order chi connectivity index (χ1) is 25.7. The molecule has 4 aromatic carbocycles. The lowest BCUT2D eigenvalue weighted by Gasteiger charge is -2.17. The lowest BCUT2D eigenvalue weighted by atomic mass is 9.87. The fraction of sp³-hybridized carbons (Fsp3) is 0.0833. The number of allylic oxidation sites excluding steroid dienone is 12. The fourth-order valence-electron chi connectivity index (χ4n) is 7.31. The topological polar surface area (TPSA) is 49.4 Å². The van der Waals surface area contributed by atoms with Crippen molar-refractivity contribution in [3.05, 3.63) is 237 Å². The summed E-state index contributed by atoms with van der Waals surface area (Å²) in [5.74, 6) is 0. The van der Waals surface area contributed by atoms with Crippen molar-refractivity contribution >= 4 is 22.8 Å². The summed E-state index contributed by atoms with van der Waals surface area (Å²) in [5, 5.41) is 0. The molecule has 0 aromatic heterocycles. The fourth-order valence-corrected chi connectivity index (χ4v) is 7.31. The van der Waals surface area contributed by atoms with Gasteiger partial charge in [-0.15, -0.1) is 0 Å². The molecule has 0 fully saturated rings. The molecule has 5 aliphatic rings. The molecule has 4 nitrogen and oxygen atoms in total. The van der Waals surface area contributed by atoms with Crippen molar-refractivity contribution in [2.24, 2.45) is 20.0 Å². The van der Waals surface area contributed by atoms with E-state index in [4.69, 9.17) is 20.0 Å². The van der Waals surface area contributed by atoms with Gasteiger partial charge >= 0.3 is 0 Å². The summed E-state index contributed by atoms with van der Waals surface area (Å²) in [5.41, 5.74) is 17.0. The van der Waals surface area contributed by atoms with Crippen LogP contribution in [0.5, 0.6) is 0 Å². The largest absolute Gasteiger partial charge is 0.249 e. The minimum absolute atomic E-state index is 0.689. The number of hydrogen-bond acceptors (Lipinski definition) is 4.